The predicted molar refractivity (Wildman–Crippen MR) is 64.0 cm³/mol. The summed E-state index contributed by atoms with van der Waals surface area (Å²) < 4.78 is 2.75. The van der Waals surface area contributed by atoms with E-state index in [0.717, 1.165) is 11.0 Å². The number of amides is 1. The first-order valence-corrected chi connectivity index (χ1v) is 5.57. The van der Waals surface area contributed by atoms with Crippen molar-refractivity contribution in [1.29, 1.82) is 0 Å². The van der Waals surface area contributed by atoms with Crippen LogP contribution in [-0.4, -0.2) is 42.6 Å². The molecule has 1 N–H and O–H groups in total. The molecule has 84 valence electrons. The van der Waals surface area contributed by atoms with Crippen LogP contribution in [0.3, 0.4) is 0 Å². The molecule has 0 saturated heterocycles. The summed E-state index contributed by atoms with van der Waals surface area (Å²) in [4.78, 5) is 13.6. The zero-order valence-electron chi connectivity index (χ0n) is 9.25. The van der Waals surface area contributed by atoms with Crippen LogP contribution in [0.5, 0.6) is 0 Å². The number of nitrogens with zero attached hydrogens (tertiary/aromatic N) is 2. The number of aromatic nitrogens is 1. The summed E-state index contributed by atoms with van der Waals surface area (Å²) in [5.74, 6) is 0.0402. The van der Waals surface area contributed by atoms with Crippen LogP contribution in [0, 0.1) is 0 Å². The van der Waals surface area contributed by atoms with Gasteiger partial charge >= 0.3 is 0 Å². The number of carbonyl (C=O) groups is 1. The van der Waals surface area contributed by atoms with Gasteiger partial charge in [-0.2, -0.15) is 0 Å². The molecule has 5 heteroatoms. The Morgan fingerprint density at radius 2 is 2.33 bits per heavy atom. The lowest BCUT2D eigenvalue weighted by molar-refractivity contribution is 0.0787. The van der Waals surface area contributed by atoms with Crippen molar-refractivity contribution in [3.8, 4) is 0 Å². The Balaban J connectivity index is 2.71. The van der Waals surface area contributed by atoms with Crippen LogP contribution >= 0.6 is 15.9 Å². The standard InChI is InChI=1S/C10H16BrN3O/c1-12-4-5-13(2)10(15)9-6-8(11)7-14(9)3/h6-7,12H,4-5H2,1-3H3. The minimum absolute atomic E-state index is 0.0402. The molecule has 1 aromatic rings. The molecular formula is C10H16BrN3O. The molecular weight excluding hydrogens is 258 g/mol. The van der Waals surface area contributed by atoms with Gasteiger partial charge in [-0.05, 0) is 29.0 Å². The summed E-state index contributed by atoms with van der Waals surface area (Å²) in [6.45, 7) is 1.51. The summed E-state index contributed by atoms with van der Waals surface area (Å²) in [7, 11) is 5.54. The van der Waals surface area contributed by atoms with Gasteiger partial charge in [0.15, 0.2) is 0 Å². The van der Waals surface area contributed by atoms with Crippen LogP contribution in [0.1, 0.15) is 10.5 Å². The summed E-state index contributed by atoms with van der Waals surface area (Å²) in [5.41, 5.74) is 0.695. The second-order valence-corrected chi connectivity index (χ2v) is 4.40. The summed E-state index contributed by atoms with van der Waals surface area (Å²) >= 11 is 3.35. The second kappa shape index (κ2) is 5.32. The van der Waals surface area contributed by atoms with Gasteiger partial charge in [-0.15, -0.1) is 0 Å². The summed E-state index contributed by atoms with van der Waals surface area (Å²) in [6.07, 6.45) is 1.87. The van der Waals surface area contributed by atoms with Crippen LogP contribution < -0.4 is 5.32 Å². The second-order valence-electron chi connectivity index (χ2n) is 3.48. The van der Waals surface area contributed by atoms with E-state index in [1.165, 1.54) is 0 Å². The van der Waals surface area contributed by atoms with E-state index in [9.17, 15) is 4.79 Å². The van der Waals surface area contributed by atoms with E-state index in [1.54, 1.807) is 11.9 Å². The van der Waals surface area contributed by atoms with Crippen molar-refractivity contribution in [3.63, 3.8) is 0 Å². The van der Waals surface area contributed by atoms with Gasteiger partial charge in [0.25, 0.3) is 5.91 Å². The Hall–Kier alpha value is -0.810. The summed E-state index contributed by atoms with van der Waals surface area (Å²) in [5, 5.41) is 3.01. The molecule has 0 aromatic carbocycles. The van der Waals surface area contributed by atoms with Gasteiger partial charge in [-0.25, -0.2) is 0 Å². The maximum Gasteiger partial charge on any atom is 0.270 e. The van der Waals surface area contributed by atoms with E-state index in [-0.39, 0.29) is 5.91 Å². The third-order valence-corrected chi connectivity index (χ3v) is 2.67. The molecule has 0 aliphatic rings. The number of hydrogen-bond acceptors (Lipinski definition) is 2. The fourth-order valence-electron chi connectivity index (χ4n) is 1.31. The molecule has 1 aromatic heterocycles. The Morgan fingerprint density at radius 3 is 2.80 bits per heavy atom. The minimum Gasteiger partial charge on any atom is -0.345 e. The number of rotatable bonds is 4. The number of hydrogen-bond donors (Lipinski definition) is 1. The molecule has 0 aliphatic carbocycles. The normalized spacial score (nSPS) is 10.4. The topological polar surface area (TPSA) is 37.3 Å². The van der Waals surface area contributed by atoms with Gasteiger partial charge in [0.1, 0.15) is 5.69 Å². The van der Waals surface area contributed by atoms with Gasteiger partial charge in [-0.3, -0.25) is 4.79 Å². The van der Waals surface area contributed by atoms with Crippen molar-refractivity contribution in [2.45, 2.75) is 0 Å². The number of likely N-dealkylation sites (N-methyl/N-ethyl adjacent to an activating group) is 2. The first-order valence-electron chi connectivity index (χ1n) is 4.78. The van der Waals surface area contributed by atoms with Gasteiger partial charge in [0.2, 0.25) is 0 Å². The lowest BCUT2D eigenvalue weighted by Gasteiger charge is -2.16. The highest BCUT2D eigenvalue weighted by molar-refractivity contribution is 9.10. The van der Waals surface area contributed by atoms with Crippen LogP contribution in [-0.2, 0) is 7.05 Å². The minimum atomic E-state index is 0.0402. The Labute approximate surface area is 98.4 Å². The van der Waals surface area contributed by atoms with Crippen molar-refractivity contribution >= 4 is 21.8 Å². The lowest BCUT2D eigenvalue weighted by Crippen LogP contribution is -2.33. The van der Waals surface area contributed by atoms with Crippen LogP contribution in [0.4, 0.5) is 0 Å². The molecule has 0 unspecified atom stereocenters. The number of carbonyl (C=O) groups excluding carboxylic acids is 1. The largest absolute Gasteiger partial charge is 0.345 e. The van der Waals surface area contributed by atoms with Crippen molar-refractivity contribution in [2.75, 3.05) is 27.2 Å². The molecule has 1 amide bonds. The van der Waals surface area contributed by atoms with E-state index in [4.69, 9.17) is 0 Å². The van der Waals surface area contributed by atoms with Gasteiger partial charge in [-0.1, -0.05) is 0 Å². The Bertz CT molecular complexity index is 348. The molecule has 0 atom stereocenters. The van der Waals surface area contributed by atoms with E-state index in [0.29, 0.717) is 12.2 Å². The molecule has 0 spiro atoms. The number of halogens is 1. The molecule has 0 fully saturated rings. The quantitative estimate of drug-likeness (QED) is 0.892. The molecule has 1 rings (SSSR count). The van der Waals surface area contributed by atoms with Crippen molar-refractivity contribution in [2.24, 2.45) is 7.05 Å². The molecule has 4 nitrogen and oxygen atoms in total. The monoisotopic (exact) mass is 273 g/mol. The molecule has 0 radical (unpaired) electrons. The van der Waals surface area contributed by atoms with E-state index in [1.807, 2.05) is 30.9 Å². The van der Waals surface area contributed by atoms with Crippen molar-refractivity contribution in [3.05, 3.63) is 22.4 Å². The zero-order valence-corrected chi connectivity index (χ0v) is 10.8. The van der Waals surface area contributed by atoms with Gasteiger partial charge in [0, 0.05) is 37.9 Å². The smallest absolute Gasteiger partial charge is 0.270 e. The van der Waals surface area contributed by atoms with E-state index < -0.39 is 0 Å². The molecule has 15 heavy (non-hydrogen) atoms. The predicted octanol–water partition coefficient (Wildman–Crippen LogP) is 1.08. The highest BCUT2D eigenvalue weighted by Crippen LogP contribution is 2.14. The maximum atomic E-state index is 11.9. The Morgan fingerprint density at radius 1 is 1.67 bits per heavy atom. The first-order chi connectivity index (χ1) is 7.06. The highest BCUT2D eigenvalue weighted by atomic mass is 79.9. The van der Waals surface area contributed by atoms with Crippen LogP contribution in [0.25, 0.3) is 0 Å². The van der Waals surface area contributed by atoms with Crippen molar-refractivity contribution in [1.82, 2.24) is 14.8 Å². The molecule has 1 heterocycles. The summed E-state index contributed by atoms with van der Waals surface area (Å²) in [6, 6.07) is 1.83. The molecule has 0 aliphatic heterocycles. The fraction of sp³-hybridized carbons (Fsp3) is 0.500. The average molecular weight is 274 g/mol. The van der Waals surface area contributed by atoms with E-state index in [2.05, 4.69) is 21.2 Å². The van der Waals surface area contributed by atoms with Crippen LogP contribution in [0.15, 0.2) is 16.7 Å². The van der Waals surface area contributed by atoms with E-state index >= 15 is 0 Å². The van der Waals surface area contributed by atoms with Crippen molar-refractivity contribution < 1.29 is 4.79 Å². The first kappa shape index (κ1) is 12.3. The average Bonchev–Trinajstić information content (AvgIpc) is 2.53. The lowest BCUT2D eigenvalue weighted by atomic mass is 10.3. The van der Waals surface area contributed by atoms with Gasteiger partial charge in [0.05, 0.1) is 0 Å². The highest BCUT2D eigenvalue weighted by Gasteiger charge is 2.14. The maximum absolute atomic E-state index is 11.9. The molecule has 0 saturated carbocycles. The third kappa shape index (κ3) is 3.07. The third-order valence-electron chi connectivity index (χ3n) is 2.23. The van der Waals surface area contributed by atoms with Gasteiger partial charge < -0.3 is 14.8 Å². The Kier molecular flexibility index (Phi) is 4.35. The SMILES string of the molecule is CNCCN(C)C(=O)c1cc(Br)cn1C. The molecule has 0 bridgehead atoms. The zero-order chi connectivity index (χ0) is 11.4. The number of aryl methyl sites for hydroxylation is 1. The van der Waals surface area contributed by atoms with Crippen LogP contribution in [0.2, 0.25) is 0 Å². The number of nitrogens with one attached hydrogen (secondary N) is 1. The fourth-order valence-corrected chi connectivity index (χ4v) is 1.84.